The van der Waals surface area contributed by atoms with E-state index in [0.29, 0.717) is 31.0 Å². The molecular formula is C19H30N6O2. The molecule has 0 aromatic carbocycles. The van der Waals surface area contributed by atoms with Crippen LogP contribution in [-0.2, 0) is 11.2 Å². The van der Waals surface area contributed by atoms with Gasteiger partial charge >= 0.3 is 6.09 Å². The maximum atomic E-state index is 12.4. The van der Waals surface area contributed by atoms with Crippen molar-refractivity contribution < 1.29 is 9.53 Å². The lowest BCUT2D eigenvalue weighted by Gasteiger charge is -2.40. The molecule has 3 heterocycles. The second-order valence-corrected chi connectivity index (χ2v) is 8.17. The largest absolute Gasteiger partial charge is 0.444 e. The summed E-state index contributed by atoms with van der Waals surface area (Å²) in [5.41, 5.74) is 8.94. The zero-order valence-corrected chi connectivity index (χ0v) is 17.1. The van der Waals surface area contributed by atoms with Gasteiger partial charge in [-0.2, -0.15) is 5.10 Å². The van der Waals surface area contributed by atoms with Gasteiger partial charge in [0.1, 0.15) is 17.1 Å². The Labute approximate surface area is 160 Å². The Hall–Kier alpha value is -2.51. The van der Waals surface area contributed by atoms with E-state index >= 15 is 0 Å². The first kappa shape index (κ1) is 19.3. The molecule has 0 aliphatic carbocycles. The van der Waals surface area contributed by atoms with Gasteiger partial charge in [0.15, 0.2) is 5.65 Å². The number of carbonyl (C=O) groups is 1. The monoisotopic (exact) mass is 374 g/mol. The second kappa shape index (κ2) is 6.90. The Bertz CT molecular complexity index is 854. The molecule has 1 atom stereocenters. The molecular weight excluding hydrogens is 344 g/mol. The molecule has 148 valence electrons. The summed E-state index contributed by atoms with van der Waals surface area (Å²) in [6, 6.07) is 2.15. The molecule has 8 heteroatoms. The molecule has 1 amide bonds. The Morgan fingerprint density at radius 2 is 2.07 bits per heavy atom. The molecule has 1 aliphatic rings. The van der Waals surface area contributed by atoms with Crippen LogP contribution in [0, 0.1) is 6.92 Å². The fourth-order valence-corrected chi connectivity index (χ4v) is 3.41. The van der Waals surface area contributed by atoms with Gasteiger partial charge in [-0.1, -0.05) is 6.92 Å². The molecule has 0 radical (unpaired) electrons. The number of nitrogens with zero attached hydrogens (tertiary/aromatic N) is 5. The van der Waals surface area contributed by atoms with E-state index in [9.17, 15) is 4.79 Å². The van der Waals surface area contributed by atoms with Crippen LogP contribution in [0.15, 0.2) is 6.07 Å². The summed E-state index contributed by atoms with van der Waals surface area (Å²) >= 11 is 0. The molecule has 0 saturated carbocycles. The van der Waals surface area contributed by atoms with Crippen molar-refractivity contribution in [3.05, 3.63) is 17.5 Å². The highest BCUT2D eigenvalue weighted by Crippen LogP contribution is 2.25. The molecule has 1 fully saturated rings. The summed E-state index contributed by atoms with van der Waals surface area (Å²) in [5.74, 6) is 0.866. The zero-order valence-electron chi connectivity index (χ0n) is 17.1. The number of anilines is 2. The van der Waals surface area contributed by atoms with Crippen LogP contribution in [0.1, 0.15) is 46.0 Å². The highest BCUT2D eigenvalue weighted by atomic mass is 16.6. The van der Waals surface area contributed by atoms with Gasteiger partial charge in [-0.25, -0.2) is 14.3 Å². The minimum absolute atomic E-state index is 0.121. The van der Waals surface area contributed by atoms with Crippen molar-refractivity contribution in [2.75, 3.05) is 30.3 Å². The maximum Gasteiger partial charge on any atom is 0.410 e. The summed E-state index contributed by atoms with van der Waals surface area (Å²) < 4.78 is 7.30. The van der Waals surface area contributed by atoms with Crippen LogP contribution in [0.2, 0.25) is 0 Å². The molecule has 8 nitrogen and oxygen atoms in total. The van der Waals surface area contributed by atoms with Gasteiger partial charge in [0.05, 0.1) is 5.69 Å². The molecule has 1 saturated heterocycles. The lowest BCUT2D eigenvalue weighted by molar-refractivity contribution is 0.0218. The van der Waals surface area contributed by atoms with Crippen molar-refractivity contribution in [3.8, 4) is 0 Å². The average Bonchev–Trinajstić information content (AvgIpc) is 2.90. The first-order chi connectivity index (χ1) is 12.6. The molecule has 3 rings (SSSR count). The number of hydrogen-bond acceptors (Lipinski definition) is 6. The molecule has 27 heavy (non-hydrogen) atoms. The molecule has 1 aliphatic heterocycles. The summed E-state index contributed by atoms with van der Waals surface area (Å²) in [6.07, 6.45) is 0.510. The molecule has 0 spiro atoms. The van der Waals surface area contributed by atoms with Crippen LogP contribution in [0.25, 0.3) is 5.65 Å². The number of ether oxygens (including phenoxy) is 1. The van der Waals surface area contributed by atoms with Crippen LogP contribution in [0.4, 0.5) is 16.3 Å². The van der Waals surface area contributed by atoms with E-state index in [1.165, 1.54) is 0 Å². The van der Waals surface area contributed by atoms with Crippen molar-refractivity contribution in [3.63, 3.8) is 0 Å². The summed E-state index contributed by atoms with van der Waals surface area (Å²) in [5, 5.41) is 4.55. The highest BCUT2D eigenvalue weighted by Gasteiger charge is 2.31. The van der Waals surface area contributed by atoms with Gasteiger partial charge in [-0.3, -0.25) is 0 Å². The van der Waals surface area contributed by atoms with Crippen molar-refractivity contribution in [2.45, 2.75) is 59.6 Å². The van der Waals surface area contributed by atoms with Crippen LogP contribution in [0.5, 0.6) is 0 Å². The number of rotatable bonds is 2. The number of amides is 1. The third-order valence-corrected chi connectivity index (χ3v) is 4.77. The van der Waals surface area contributed by atoms with E-state index in [4.69, 9.17) is 15.5 Å². The topological polar surface area (TPSA) is 89.0 Å². The number of aromatic nitrogens is 3. The zero-order chi connectivity index (χ0) is 19.9. The van der Waals surface area contributed by atoms with E-state index in [1.807, 2.05) is 40.7 Å². The predicted octanol–water partition coefficient (Wildman–Crippen LogP) is 2.63. The maximum absolute atomic E-state index is 12.4. The summed E-state index contributed by atoms with van der Waals surface area (Å²) in [4.78, 5) is 21.1. The van der Waals surface area contributed by atoms with E-state index < -0.39 is 5.60 Å². The summed E-state index contributed by atoms with van der Waals surface area (Å²) in [7, 11) is 0. The fourth-order valence-electron chi connectivity index (χ4n) is 3.41. The Morgan fingerprint density at radius 3 is 2.67 bits per heavy atom. The normalized spacial score (nSPS) is 18.2. The third kappa shape index (κ3) is 3.79. The van der Waals surface area contributed by atoms with E-state index in [0.717, 1.165) is 23.6 Å². The molecule has 2 N–H and O–H groups in total. The van der Waals surface area contributed by atoms with Crippen LogP contribution < -0.4 is 10.6 Å². The minimum Gasteiger partial charge on any atom is -0.444 e. The first-order valence-electron chi connectivity index (χ1n) is 9.50. The molecule has 1 unspecified atom stereocenters. The van der Waals surface area contributed by atoms with E-state index in [1.54, 1.807) is 9.42 Å². The number of nitrogen functional groups attached to an aromatic ring is 1. The minimum atomic E-state index is -0.488. The standard InChI is InChI=1S/C19H30N6O2/c1-7-14-16(20)17-21-15(10-12(2)25(17)22-14)24-9-8-23(11-13(24)3)18(26)27-19(4,5)6/h10,13H,7-9,11,20H2,1-6H3. The van der Waals surface area contributed by atoms with E-state index in [2.05, 4.69) is 16.9 Å². The number of aryl methyl sites for hydroxylation is 2. The van der Waals surface area contributed by atoms with Crippen molar-refractivity contribution in [2.24, 2.45) is 0 Å². The number of piperazine rings is 1. The number of carbonyl (C=O) groups excluding carboxylic acids is 1. The van der Waals surface area contributed by atoms with Gasteiger partial charge in [0.2, 0.25) is 0 Å². The van der Waals surface area contributed by atoms with Gasteiger partial charge in [-0.05, 0) is 41.0 Å². The Kier molecular flexibility index (Phi) is 4.92. The van der Waals surface area contributed by atoms with Crippen molar-refractivity contribution >= 4 is 23.2 Å². The van der Waals surface area contributed by atoms with Gasteiger partial charge in [0.25, 0.3) is 0 Å². The van der Waals surface area contributed by atoms with Crippen LogP contribution >= 0.6 is 0 Å². The third-order valence-electron chi connectivity index (χ3n) is 4.77. The lowest BCUT2D eigenvalue weighted by Crippen LogP contribution is -2.54. The van der Waals surface area contributed by atoms with Crippen molar-refractivity contribution in [1.29, 1.82) is 0 Å². The van der Waals surface area contributed by atoms with Gasteiger partial charge < -0.3 is 20.3 Å². The number of hydrogen-bond donors (Lipinski definition) is 1. The van der Waals surface area contributed by atoms with Crippen LogP contribution in [0.3, 0.4) is 0 Å². The Balaban J connectivity index is 1.82. The van der Waals surface area contributed by atoms with Crippen molar-refractivity contribution in [1.82, 2.24) is 19.5 Å². The molecule has 0 bridgehead atoms. The smallest absolute Gasteiger partial charge is 0.410 e. The average molecular weight is 374 g/mol. The number of fused-ring (bicyclic) bond motifs is 1. The predicted molar refractivity (Wildman–Crippen MR) is 106 cm³/mol. The first-order valence-corrected chi connectivity index (χ1v) is 9.50. The number of nitrogens with two attached hydrogens (primary N) is 1. The second-order valence-electron chi connectivity index (χ2n) is 8.17. The molecule has 2 aromatic heterocycles. The van der Waals surface area contributed by atoms with Crippen LogP contribution in [-0.4, -0.2) is 56.9 Å². The quantitative estimate of drug-likeness (QED) is 0.869. The highest BCUT2D eigenvalue weighted by molar-refractivity contribution is 5.71. The summed E-state index contributed by atoms with van der Waals surface area (Å²) in [6.45, 7) is 13.7. The lowest BCUT2D eigenvalue weighted by atomic mass is 10.2. The fraction of sp³-hybridized carbons (Fsp3) is 0.632. The molecule has 2 aromatic rings. The van der Waals surface area contributed by atoms with E-state index in [-0.39, 0.29) is 12.1 Å². The van der Waals surface area contributed by atoms with Gasteiger partial charge in [0, 0.05) is 37.4 Å². The Morgan fingerprint density at radius 1 is 1.37 bits per heavy atom. The SMILES string of the molecule is CCc1nn2c(C)cc(N3CCN(C(=O)OC(C)(C)C)CC3C)nc2c1N. The van der Waals surface area contributed by atoms with Gasteiger partial charge in [-0.15, -0.1) is 0 Å².